The molecule has 1 fully saturated rings. The Labute approximate surface area is 183 Å². The molecule has 0 bridgehead atoms. The van der Waals surface area contributed by atoms with E-state index >= 15 is 0 Å². The number of hydrogen-bond donors (Lipinski definition) is 1. The molecule has 1 saturated heterocycles. The molecule has 2 amide bonds. The van der Waals surface area contributed by atoms with Crippen LogP contribution in [0.15, 0.2) is 48.5 Å². The second kappa shape index (κ2) is 9.86. The molecule has 6 nitrogen and oxygen atoms in total. The van der Waals surface area contributed by atoms with E-state index in [1.54, 1.807) is 0 Å². The van der Waals surface area contributed by atoms with Crippen LogP contribution in [0.1, 0.15) is 38.2 Å². The molecule has 0 saturated carbocycles. The Balaban J connectivity index is 1.24. The van der Waals surface area contributed by atoms with Gasteiger partial charge in [-0.15, -0.1) is 0 Å². The third-order valence-electron chi connectivity index (χ3n) is 6.06. The molecule has 164 valence electrons. The Morgan fingerprint density at radius 1 is 1.06 bits per heavy atom. The summed E-state index contributed by atoms with van der Waals surface area (Å²) < 4.78 is 11.8. The third kappa shape index (κ3) is 5.19. The van der Waals surface area contributed by atoms with E-state index in [-0.39, 0.29) is 23.8 Å². The number of carbonyl (C=O) groups excluding carboxylic acids is 2. The maximum Gasteiger partial charge on any atom is 0.227 e. The Morgan fingerprint density at radius 2 is 1.77 bits per heavy atom. The summed E-state index contributed by atoms with van der Waals surface area (Å²) >= 11 is 0. The number of anilines is 1. The first kappa shape index (κ1) is 21.2. The third-order valence-corrected chi connectivity index (χ3v) is 6.06. The Bertz CT molecular complexity index is 921. The fourth-order valence-electron chi connectivity index (χ4n) is 4.33. The highest BCUT2D eigenvalue weighted by Gasteiger charge is 2.29. The van der Waals surface area contributed by atoms with Crippen molar-refractivity contribution in [1.82, 2.24) is 4.90 Å². The normalized spacial score (nSPS) is 18.8. The summed E-state index contributed by atoms with van der Waals surface area (Å²) in [5.74, 6) is 1.52. The minimum Gasteiger partial charge on any atom is -0.490 e. The van der Waals surface area contributed by atoms with Crippen LogP contribution in [0, 0.1) is 5.92 Å². The lowest BCUT2D eigenvalue weighted by molar-refractivity contribution is -0.133. The van der Waals surface area contributed by atoms with E-state index in [0.717, 1.165) is 35.6 Å². The number of ether oxygens (including phenoxy) is 2. The minimum atomic E-state index is -0.144. The van der Waals surface area contributed by atoms with Gasteiger partial charge in [0.2, 0.25) is 11.8 Å². The van der Waals surface area contributed by atoms with Crippen molar-refractivity contribution >= 4 is 17.5 Å². The molecule has 2 aromatic carbocycles. The molecule has 1 N–H and O–H groups in total. The number of hydrogen-bond acceptors (Lipinski definition) is 4. The van der Waals surface area contributed by atoms with Crippen LogP contribution in [0.3, 0.4) is 0 Å². The summed E-state index contributed by atoms with van der Waals surface area (Å²) in [6.45, 7) is 3.91. The summed E-state index contributed by atoms with van der Waals surface area (Å²) in [6.07, 6.45) is 3.35. The van der Waals surface area contributed by atoms with E-state index in [1.165, 1.54) is 0 Å². The monoisotopic (exact) mass is 422 g/mol. The zero-order valence-electron chi connectivity index (χ0n) is 18.0. The number of likely N-dealkylation sites (tertiary alicyclic amines) is 1. The fraction of sp³-hybridized carbons (Fsp3) is 0.440. The van der Waals surface area contributed by atoms with Crippen molar-refractivity contribution in [3.05, 3.63) is 54.1 Å². The van der Waals surface area contributed by atoms with Crippen LogP contribution < -0.4 is 14.8 Å². The van der Waals surface area contributed by atoms with Crippen molar-refractivity contribution in [3.8, 4) is 11.5 Å². The second-order valence-corrected chi connectivity index (χ2v) is 8.16. The molecule has 0 spiro atoms. The first-order valence-corrected chi connectivity index (χ1v) is 11.2. The van der Waals surface area contributed by atoms with Gasteiger partial charge in [0.15, 0.2) is 11.5 Å². The number of para-hydroxylation sites is 3. The van der Waals surface area contributed by atoms with Gasteiger partial charge in [0.25, 0.3) is 0 Å². The first-order chi connectivity index (χ1) is 15.1. The van der Waals surface area contributed by atoms with Gasteiger partial charge >= 0.3 is 0 Å². The highest BCUT2D eigenvalue weighted by atomic mass is 16.5. The van der Waals surface area contributed by atoms with Gasteiger partial charge in [0.05, 0.1) is 6.61 Å². The molecule has 0 aromatic heterocycles. The number of benzene rings is 2. The highest BCUT2D eigenvalue weighted by molar-refractivity contribution is 5.96. The van der Waals surface area contributed by atoms with Gasteiger partial charge in [0.1, 0.15) is 6.10 Å². The number of carbonyl (C=O) groups is 2. The molecule has 6 heteroatoms. The van der Waals surface area contributed by atoms with E-state index in [9.17, 15) is 9.59 Å². The van der Waals surface area contributed by atoms with Gasteiger partial charge in [-0.1, -0.05) is 30.3 Å². The van der Waals surface area contributed by atoms with Crippen LogP contribution in [0.4, 0.5) is 5.69 Å². The van der Waals surface area contributed by atoms with Crippen LogP contribution in [0.2, 0.25) is 0 Å². The van der Waals surface area contributed by atoms with Crippen molar-refractivity contribution in [2.45, 2.75) is 45.1 Å². The molecule has 4 rings (SSSR count). The van der Waals surface area contributed by atoms with Gasteiger partial charge in [-0.05, 0) is 43.5 Å². The van der Waals surface area contributed by atoms with Crippen molar-refractivity contribution in [2.24, 2.45) is 5.92 Å². The summed E-state index contributed by atoms with van der Waals surface area (Å²) in [7, 11) is 0. The number of rotatable bonds is 7. The van der Waals surface area contributed by atoms with Crippen LogP contribution >= 0.6 is 0 Å². The van der Waals surface area contributed by atoms with E-state index in [4.69, 9.17) is 9.47 Å². The zero-order chi connectivity index (χ0) is 21.6. The predicted molar refractivity (Wildman–Crippen MR) is 119 cm³/mol. The number of amides is 2. The minimum absolute atomic E-state index is 0.0200. The van der Waals surface area contributed by atoms with Gasteiger partial charge in [-0.3, -0.25) is 9.59 Å². The lowest BCUT2D eigenvalue weighted by Crippen LogP contribution is -2.42. The Morgan fingerprint density at radius 3 is 2.55 bits per heavy atom. The largest absolute Gasteiger partial charge is 0.490 e. The van der Waals surface area contributed by atoms with Crippen LogP contribution in [0.25, 0.3) is 0 Å². The summed E-state index contributed by atoms with van der Waals surface area (Å²) in [6, 6.07) is 15.6. The average molecular weight is 423 g/mol. The number of piperidine rings is 1. The smallest absolute Gasteiger partial charge is 0.227 e. The molecule has 1 atom stereocenters. The van der Waals surface area contributed by atoms with E-state index in [0.29, 0.717) is 39.0 Å². The topological polar surface area (TPSA) is 67.9 Å². The highest BCUT2D eigenvalue weighted by Crippen LogP contribution is 2.30. The molecule has 0 radical (unpaired) electrons. The van der Waals surface area contributed by atoms with E-state index in [2.05, 4.69) is 5.32 Å². The lowest BCUT2D eigenvalue weighted by Gasteiger charge is -2.33. The molecular formula is C25H30N2O4. The standard InChI is InChI=1S/C25H30N2O4/c1-2-30-22-9-5-6-10-23(22)31-20-13-15-27(16-14-20)24(28)12-11-19-17-18-7-3-4-8-21(18)26-25(19)29/h3-10,19-20H,2,11-17H2,1H3,(H,26,29). The molecular weight excluding hydrogens is 392 g/mol. The molecule has 1 unspecified atom stereocenters. The van der Waals surface area contributed by atoms with Crippen LogP contribution in [-0.2, 0) is 16.0 Å². The second-order valence-electron chi connectivity index (χ2n) is 8.16. The molecule has 2 aliphatic heterocycles. The van der Waals surface area contributed by atoms with Crippen molar-refractivity contribution in [3.63, 3.8) is 0 Å². The van der Waals surface area contributed by atoms with Gasteiger partial charge in [-0.2, -0.15) is 0 Å². The number of nitrogens with one attached hydrogen (secondary N) is 1. The number of fused-ring (bicyclic) bond motifs is 1. The summed E-state index contributed by atoms with van der Waals surface area (Å²) in [4.78, 5) is 27.0. The molecule has 2 aromatic rings. The van der Waals surface area contributed by atoms with Crippen molar-refractivity contribution in [1.29, 1.82) is 0 Å². The Hall–Kier alpha value is -3.02. The summed E-state index contributed by atoms with van der Waals surface area (Å²) in [5.41, 5.74) is 2.04. The maximum absolute atomic E-state index is 12.7. The van der Waals surface area contributed by atoms with Gasteiger partial charge in [-0.25, -0.2) is 0 Å². The van der Waals surface area contributed by atoms with E-state index in [1.807, 2.05) is 60.4 Å². The quantitative estimate of drug-likeness (QED) is 0.731. The van der Waals surface area contributed by atoms with Crippen molar-refractivity contribution in [2.75, 3.05) is 25.0 Å². The van der Waals surface area contributed by atoms with Crippen LogP contribution in [0.5, 0.6) is 11.5 Å². The fourth-order valence-corrected chi connectivity index (χ4v) is 4.33. The molecule has 2 aliphatic rings. The lowest BCUT2D eigenvalue weighted by atomic mass is 9.89. The zero-order valence-corrected chi connectivity index (χ0v) is 18.0. The molecule has 2 heterocycles. The molecule has 0 aliphatic carbocycles. The van der Waals surface area contributed by atoms with E-state index < -0.39 is 0 Å². The Kier molecular flexibility index (Phi) is 6.75. The summed E-state index contributed by atoms with van der Waals surface area (Å²) in [5, 5.41) is 2.97. The van der Waals surface area contributed by atoms with Gasteiger partial charge in [0, 0.05) is 44.0 Å². The molecule has 31 heavy (non-hydrogen) atoms. The predicted octanol–water partition coefficient (Wildman–Crippen LogP) is 4.05. The van der Waals surface area contributed by atoms with Gasteiger partial charge < -0.3 is 19.7 Å². The SMILES string of the molecule is CCOc1ccccc1OC1CCN(C(=O)CCC2Cc3ccccc3NC2=O)CC1. The average Bonchev–Trinajstić information content (AvgIpc) is 2.79. The first-order valence-electron chi connectivity index (χ1n) is 11.2. The van der Waals surface area contributed by atoms with Crippen molar-refractivity contribution < 1.29 is 19.1 Å². The maximum atomic E-state index is 12.7. The van der Waals surface area contributed by atoms with Crippen LogP contribution in [-0.4, -0.2) is 42.5 Å². The number of nitrogens with zero attached hydrogens (tertiary/aromatic N) is 1.